The molecule has 0 bridgehead atoms. The Labute approximate surface area is 196 Å². The number of thiol groups is 1. The molecule has 3 aromatic rings. The normalized spacial score (nSPS) is 11.2. The Kier molecular flexibility index (Phi) is 7.38. The summed E-state index contributed by atoms with van der Waals surface area (Å²) in [7, 11) is 0. The monoisotopic (exact) mass is 459 g/mol. The number of nitrogens with one attached hydrogen (secondary N) is 2. The van der Waals surface area contributed by atoms with Crippen LogP contribution in [0.4, 0.5) is 11.5 Å². The molecule has 2 heterocycles. The Morgan fingerprint density at radius 1 is 1.21 bits per heavy atom. The molecule has 0 fully saturated rings. The highest BCUT2D eigenvalue weighted by molar-refractivity contribution is 7.80. The molecule has 2 amide bonds. The van der Waals surface area contributed by atoms with E-state index in [1.54, 1.807) is 42.5 Å². The highest BCUT2D eigenvalue weighted by Crippen LogP contribution is 2.31. The second-order valence-corrected chi connectivity index (χ2v) is 7.46. The first-order valence-corrected chi connectivity index (χ1v) is 10.3. The van der Waals surface area contributed by atoms with Crippen LogP contribution in [0.25, 0.3) is 11.3 Å². The highest BCUT2D eigenvalue weighted by Gasteiger charge is 2.20. The molecule has 0 aliphatic heterocycles. The number of pyridine rings is 1. The van der Waals surface area contributed by atoms with Crippen LogP contribution >= 0.6 is 12.6 Å². The number of nitrogens with two attached hydrogens (primary N) is 1. The van der Waals surface area contributed by atoms with Crippen molar-refractivity contribution in [3.63, 3.8) is 0 Å². The smallest absolute Gasteiger partial charge is 0.243 e. The largest absolute Gasteiger partial charge is 0.382 e. The van der Waals surface area contributed by atoms with E-state index in [9.17, 15) is 14.9 Å². The molecule has 4 N–H and O–H groups in total. The van der Waals surface area contributed by atoms with Gasteiger partial charge in [0.15, 0.2) is 0 Å². The summed E-state index contributed by atoms with van der Waals surface area (Å²) < 4.78 is 0. The topological polar surface area (TPSA) is 147 Å². The van der Waals surface area contributed by atoms with Crippen LogP contribution in [0.1, 0.15) is 34.9 Å². The molecule has 0 spiro atoms. The van der Waals surface area contributed by atoms with E-state index < -0.39 is 5.25 Å². The second-order valence-electron chi connectivity index (χ2n) is 6.94. The van der Waals surface area contributed by atoms with Crippen LogP contribution in [0.3, 0.4) is 0 Å². The van der Waals surface area contributed by atoms with E-state index in [1.807, 2.05) is 6.07 Å². The molecule has 33 heavy (non-hydrogen) atoms. The fourth-order valence-corrected chi connectivity index (χ4v) is 3.24. The molecule has 0 saturated heterocycles. The van der Waals surface area contributed by atoms with Crippen molar-refractivity contribution in [2.75, 3.05) is 11.1 Å². The van der Waals surface area contributed by atoms with Crippen molar-refractivity contribution in [2.45, 2.75) is 18.7 Å². The SMILES string of the molecule is C=CC(=O)NCc1cccc(C(S)c2nc(N)c(C#N)c(-c3ccc(NC(C)=O)cc3)n2)n1. The average molecular weight is 460 g/mol. The quantitative estimate of drug-likeness (QED) is 0.314. The predicted molar refractivity (Wildman–Crippen MR) is 128 cm³/mol. The van der Waals surface area contributed by atoms with E-state index in [4.69, 9.17) is 5.73 Å². The first-order chi connectivity index (χ1) is 15.8. The first-order valence-electron chi connectivity index (χ1n) is 9.82. The summed E-state index contributed by atoms with van der Waals surface area (Å²) in [5.74, 6) is -0.194. The maximum absolute atomic E-state index is 11.4. The maximum atomic E-state index is 11.4. The Balaban J connectivity index is 1.95. The third kappa shape index (κ3) is 5.72. The minimum atomic E-state index is -0.632. The molecule has 166 valence electrons. The molecule has 1 atom stereocenters. The molecule has 0 saturated carbocycles. The van der Waals surface area contributed by atoms with Crippen molar-refractivity contribution < 1.29 is 9.59 Å². The Morgan fingerprint density at radius 3 is 2.58 bits per heavy atom. The molecule has 9 nitrogen and oxygen atoms in total. The van der Waals surface area contributed by atoms with Crippen LogP contribution in [0.5, 0.6) is 0 Å². The summed E-state index contributed by atoms with van der Waals surface area (Å²) in [4.78, 5) is 36.0. The van der Waals surface area contributed by atoms with Gasteiger partial charge in [-0.15, -0.1) is 0 Å². The van der Waals surface area contributed by atoms with Gasteiger partial charge in [-0.25, -0.2) is 9.97 Å². The molecule has 0 aliphatic carbocycles. The van der Waals surface area contributed by atoms with Gasteiger partial charge in [0.2, 0.25) is 11.8 Å². The van der Waals surface area contributed by atoms with E-state index in [2.05, 4.69) is 44.8 Å². The molecule has 0 radical (unpaired) electrons. The number of hydrogen-bond acceptors (Lipinski definition) is 8. The third-order valence-corrected chi connectivity index (χ3v) is 5.02. The lowest BCUT2D eigenvalue weighted by Gasteiger charge is -2.14. The Hall–Kier alpha value is -4.23. The van der Waals surface area contributed by atoms with Crippen molar-refractivity contribution in [1.29, 1.82) is 5.26 Å². The number of hydrogen-bond donors (Lipinski definition) is 4. The van der Waals surface area contributed by atoms with Gasteiger partial charge in [-0.2, -0.15) is 17.9 Å². The first kappa shape index (κ1) is 23.4. The van der Waals surface area contributed by atoms with Crippen molar-refractivity contribution in [3.8, 4) is 17.3 Å². The summed E-state index contributed by atoms with van der Waals surface area (Å²) >= 11 is 4.63. The lowest BCUT2D eigenvalue weighted by atomic mass is 10.1. The van der Waals surface area contributed by atoms with E-state index in [-0.39, 0.29) is 35.6 Å². The van der Waals surface area contributed by atoms with Crippen LogP contribution in [-0.4, -0.2) is 26.8 Å². The molecule has 10 heteroatoms. The number of carbonyl (C=O) groups excluding carboxylic acids is 2. The fourth-order valence-electron chi connectivity index (χ4n) is 2.98. The standard InChI is InChI=1S/C23H21N7O2S/c1-3-19(32)26-12-16-5-4-6-18(28-16)21(33)23-29-20(17(11-24)22(25)30-23)14-7-9-15(10-8-14)27-13(2)31/h3-10,21,33H,1,12H2,2H3,(H,26,32)(H,27,31)(H2,25,29,30). The second kappa shape index (κ2) is 10.4. The zero-order valence-corrected chi connectivity index (χ0v) is 18.6. The number of rotatable bonds is 7. The fraction of sp³-hybridized carbons (Fsp3) is 0.130. The van der Waals surface area contributed by atoms with Crippen LogP contribution < -0.4 is 16.4 Å². The van der Waals surface area contributed by atoms with Crippen LogP contribution in [0.2, 0.25) is 0 Å². The number of aromatic nitrogens is 3. The number of anilines is 2. The maximum Gasteiger partial charge on any atom is 0.243 e. The molecular weight excluding hydrogens is 438 g/mol. The molecule has 2 aromatic heterocycles. The number of carbonyl (C=O) groups is 2. The zero-order chi connectivity index (χ0) is 24.0. The number of nitrogen functional groups attached to an aromatic ring is 1. The van der Waals surface area contributed by atoms with E-state index in [0.29, 0.717) is 28.3 Å². The third-order valence-electron chi connectivity index (χ3n) is 4.53. The van der Waals surface area contributed by atoms with E-state index in [0.717, 1.165) is 0 Å². The zero-order valence-electron chi connectivity index (χ0n) is 17.7. The van der Waals surface area contributed by atoms with E-state index in [1.165, 1.54) is 13.0 Å². The molecule has 1 unspecified atom stereocenters. The number of benzene rings is 1. The Bertz CT molecular complexity index is 1250. The molecule has 3 rings (SSSR count). The van der Waals surface area contributed by atoms with Gasteiger partial charge in [-0.3, -0.25) is 14.6 Å². The van der Waals surface area contributed by atoms with Gasteiger partial charge in [0.05, 0.1) is 23.6 Å². The van der Waals surface area contributed by atoms with Crippen LogP contribution in [0.15, 0.2) is 55.1 Å². The summed E-state index contributed by atoms with van der Waals surface area (Å²) in [5, 5.41) is 14.3. The van der Waals surface area contributed by atoms with Gasteiger partial charge in [-0.1, -0.05) is 24.8 Å². The molecular formula is C23H21N7O2S. The van der Waals surface area contributed by atoms with Crippen LogP contribution in [-0.2, 0) is 16.1 Å². The Morgan fingerprint density at radius 2 is 1.94 bits per heavy atom. The molecule has 1 aromatic carbocycles. The van der Waals surface area contributed by atoms with Crippen molar-refractivity contribution >= 4 is 35.9 Å². The van der Waals surface area contributed by atoms with Crippen LogP contribution in [0, 0.1) is 11.3 Å². The summed E-state index contributed by atoms with van der Waals surface area (Å²) in [5.41, 5.74) is 8.98. The van der Waals surface area contributed by atoms with Crippen molar-refractivity contribution in [1.82, 2.24) is 20.3 Å². The predicted octanol–water partition coefficient (Wildman–Crippen LogP) is 2.77. The van der Waals surface area contributed by atoms with Gasteiger partial charge in [-0.05, 0) is 30.3 Å². The highest BCUT2D eigenvalue weighted by atomic mass is 32.1. The van der Waals surface area contributed by atoms with Gasteiger partial charge in [0.1, 0.15) is 28.5 Å². The number of amides is 2. The van der Waals surface area contributed by atoms with Gasteiger partial charge < -0.3 is 16.4 Å². The van der Waals surface area contributed by atoms with Gasteiger partial charge in [0.25, 0.3) is 0 Å². The van der Waals surface area contributed by atoms with Gasteiger partial charge >= 0.3 is 0 Å². The average Bonchev–Trinajstić information content (AvgIpc) is 2.81. The lowest BCUT2D eigenvalue weighted by molar-refractivity contribution is -0.116. The number of nitrogens with zero attached hydrogens (tertiary/aromatic N) is 4. The lowest BCUT2D eigenvalue weighted by Crippen LogP contribution is -2.21. The summed E-state index contributed by atoms with van der Waals surface area (Å²) in [6.45, 7) is 5.06. The number of nitriles is 1. The summed E-state index contributed by atoms with van der Waals surface area (Å²) in [6.07, 6.45) is 1.18. The minimum Gasteiger partial charge on any atom is -0.382 e. The molecule has 0 aliphatic rings. The summed E-state index contributed by atoms with van der Waals surface area (Å²) in [6, 6.07) is 14.2. The van der Waals surface area contributed by atoms with Crippen molar-refractivity contribution in [2.24, 2.45) is 0 Å². The van der Waals surface area contributed by atoms with E-state index >= 15 is 0 Å². The minimum absolute atomic E-state index is 0.0249. The van der Waals surface area contributed by atoms with Gasteiger partial charge in [0, 0.05) is 18.2 Å². The van der Waals surface area contributed by atoms with Crippen molar-refractivity contribution in [3.05, 3.63) is 77.9 Å².